The molecule has 0 N–H and O–H groups in total. The van der Waals surface area contributed by atoms with Gasteiger partial charge in [0, 0.05) is 16.8 Å². The maximum Gasteiger partial charge on any atom is 0.145 e. The highest BCUT2D eigenvalue weighted by Gasteiger charge is 2.53. The lowest BCUT2D eigenvalue weighted by atomic mass is 9.65. The summed E-state index contributed by atoms with van der Waals surface area (Å²) in [6.07, 6.45) is 6.40. The van der Waals surface area contributed by atoms with Crippen LogP contribution in [0.25, 0.3) is 0 Å². The molecular formula is C17H19ClFN3S. The van der Waals surface area contributed by atoms with Crippen molar-refractivity contribution in [3.63, 3.8) is 0 Å². The zero-order chi connectivity index (χ0) is 15.6. The van der Waals surface area contributed by atoms with Crippen molar-refractivity contribution in [1.82, 2.24) is 14.8 Å². The van der Waals surface area contributed by atoms with E-state index in [9.17, 15) is 4.39 Å². The standard InChI is InChI=1S/C17H19ClFN3S/c18-14-7-6-13(23-14)17(8-11(19)9-17)16-21-20-15(10-2-1-3-10)22(16)12-4-5-12/h6-7,10-12H,1-5,8-9H2. The number of rotatable bonds is 4. The highest BCUT2D eigenvalue weighted by molar-refractivity contribution is 7.16. The topological polar surface area (TPSA) is 30.7 Å². The van der Waals surface area contributed by atoms with Crippen LogP contribution in [0.4, 0.5) is 4.39 Å². The molecular weight excluding hydrogens is 333 g/mol. The molecule has 23 heavy (non-hydrogen) atoms. The van der Waals surface area contributed by atoms with Gasteiger partial charge < -0.3 is 4.57 Å². The van der Waals surface area contributed by atoms with Crippen molar-refractivity contribution < 1.29 is 4.39 Å². The molecule has 2 heterocycles. The summed E-state index contributed by atoms with van der Waals surface area (Å²) in [7, 11) is 0. The van der Waals surface area contributed by atoms with Crippen LogP contribution < -0.4 is 0 Å². The smallest absolute Gasteiger partial charge is 0.145 e. The Hall–Kier alpha value is -0.940. The molecule has 3 saturated carbocycles. The second-order valence-corrected chi connectivity index (χ2v) is 9.02. The summed E-state index contributed by atoms with van der Waals surface area (Å²) in [6, 6.07) is 4.49. The Morgan fingerprint density at radius 2 is 1.96 bits per heavy atom. The molecule has 2 aromatic heterocycles. The van der Waals surface area contributed by atoms with Crippen molar-refractivity contribution in [3.05, 3.63) is 33.0 Å². The summed E-state index contributed by atoms with van der Waals surface area (Å²) in [5, 5.41) is 9.17. The van der Waals surface area contributed by atoms with Crippen molar-refractivity contribution in [1.29, 1.82) is 0 Å². The molecule has 3 fully saturated rings. The maximum absolute atomic E-state index is 13.9. The molecule has 0 aliphatic heterocycles. The van der Waals surface area contributed by atoms with E-state index < -0.39 is 6.17 Å². The van der Waals surface area contributed by atoms with Crippen molar-refractivity contribution in [2.45, 2.75) is 68.5 Å². The third kappa shape index (κ3) is 2.12. The van der Waals surface area contributed by atoms with Gasteiger partial charge in [-0.15, -0.1) is 21.5 Å². The molecule has 0 aromatic carbocycles. The predicted molar refractivity (Wildman–Crippen MR) is 89.1 cm³/mol. The van der Waals surface area contributed by atoms with Gasteiger partial charge in [0.2, 0.25) is 0 Å². The first-order valence-corrected chi connectivity index (χ1v) is 9.72. The third-order valence-electron chi connectivity index (χ3n) is 5.72. The third-order valence-corrected chi connectivity index (χ3v) is 7.15. The van der Waals surface area contributed by atoms with E-state index in [1.807, 2.05) is 12.1 Å². The molecule has 3 aliphatic rings. The molecule has 0 atom stereocenters. The Kier molecular flexibility index (Phi) is 3.15. The van der Waals surface area contributed by atoms with Crippen LogP contribution in [0, 0.1) is 0 Å². The molecule has 5 rings (SSSR count). The summed E-state index contributed by atoms with van der Waals surface area (Å²) in [4.78, 5) is 1.14. The van der Waals surface area contributed by atoms with E-state index in [2.05, 4.69) is 14.8 Å². The second kappa shape index (κ2) is 5.03. The second-order valence-electron chi connectivity index (χ2n) is 7.30. The number of thiophene rings is 1. The fourth-order valence-corrected chi connectivity index (χ4v) is 5.28. The van der Waals surface area contributed by atoms with Crippen molar-refractivity contribution in [2.75, 3.05) is 0 Å². The first-order valence-electron chi connectivity index (χ1n) is 8.52. The summed E-state index contributed by atoms with van der Waals surface area (Å²) >= 11 is 7.72. The van der Waals surface area contributed by atoms with Crippen molar-refractivity contribution in [3.8, 4) is 0 Å². The zero-order valence-corrected chi connectivity index (χ0v) is 14.4. The minimum absolute atomic E-state index is 0.311. The highest BCUT2D eigenvalue weighted by atomic mass is 35.5. The van der Waals surface area contributed by atoms with E-state index in [1.54, 1.807) is 11.3 Å². The van der Waals surface area contributed by atoms with Crippen LogP contribution in [0.1, 0.15) is 73.4 Å². The van der Waals surface area contributed by atoms with E-state index in [0.717, 1.165) is 20.9 Å². The minimum Gasteiger partial charge on any atom is -0.311 e. The van der Waals surface area contributed by atoms with Crippen molar-refractivity contribution in [2.24, 2.45) is 0 Å². The summed E-state index contributed by atoms with van der Waals surface area (Å²) in [6.45, 7) is 0. The van der Waals surface area contributed by atoms with E-state index in [1.165, 1.54) is 32.1 Å². The molecule has 0 radical (unpaired) electrons. The van der Waals surface area contributed by atoms with Gasteiger partial charge in [-0.1, -0.05) is 18.0 Å². The normalized spacial score (nSPS) is 31.0. The van der Waals surface area contributed by atoms with E-state index in [0.29, 0.717) is 24.8 Å². The van der Waals surface area contributed by atoms with Crippen LogP contribution >= 0.6 is 22.9 Å². The average Bonchev–Trinajstić information content (AvgIpc) is 3.04. The minimum atomic E-state index is -0.743. The molecule has 2 aromatic rings. The molecule has 3 aliphatic carbocycles. The Labute approximate surface area is 143 Å². The van der Waals surface area contributed by atoms with Gasteiger partial charge in [0.25, 0.3) is 0 Å². The average molecular weight is 352 g/mol. The Morgan fingerprint density at radius 3 is 2.48 bits per heavy atom. The lowest BCUT2D eigenvalue weighted by Gasteiger charge is -2.43. The molecule has 6 heteroatoms. The molecule has 0 amide bonds. The van der Waals surface area contributed by atoms with Crippen LogP contribution in [0.5, 0.6) is 0 Å². The molecule has 122 valence electrons. The number of halogens is 2. The molecule has 0 spiro atoms. The highest BCUT2D eigenvalue weighted by Crippen LogP contribution is 2.54. The number of alkyl halides is 1. The lowest BCUT2D eigenvalue weighted by molar-refractivity contribution is 0.116. The van der Waals surface area contributed by atoms with Gasteiger partial charge in [0.05, 0.1) is 9.75 Å². The fraction of sp³-hybridized carbons (Fsp3) is 0.647. The van der Waals surface area contributed by atoms with Crippen LogP contribution in [-0.4, -0.2) is 20.9 Å². The SMILES string of the molecule is FC1CC(c2ccc(Cl)s2)(c2nnc(C3CCC3)n2C2CC2)C1. The first kappa shape index (κ1) is 14.4. The van der Waals surface area contributed by atoms with Gasteiger partial charge in [-0.3, -0.25) is 0 Å². The van der Waals surface area contributed by atoms with Crippen LogP contribution in [0.15, 0.2) is 12.1 Å². The summed E-state index contributed by atoms with van der Waals surface area (Å²) < 4.78 is 17.0. The van der Waals surface area contributed by atoms with Gasteiger partial charge in [-0.25, -0.2) is 4.39 Å². The number of hydrogen-bond donors (Lipinski definition) is 0. The van der Waals surface area contributed by atoms with Crippen LogP contribution in [0.3, 0.4) is 0 Å². The fourth-order valence-electron chi connectivity index (χ4n) is 4.03. The quantitative estimate of drug-likeness (QED) is 0.774. The predicted octanol–water partition coefficient (Wildman–Crippen LogP) is 5.01. The van der Waals surface area contributed by atoms with Crippen LogP contribution in [-0.2, 0) is 5.41 Å². The van der Waals surface area contributed by atoms with E-state index >= 15 is 0 Å². The summed E-state index contributed by atoms with van der Waals surface area (Å²) in [5.41, 5.74) is -0.311. The van der Waals surface area contributed by atoms with Gasteiger partial charge in [-0.05, 0) is 50.7 Å². The number of aromatic nitrogens is 3. The largest absolute Gasteiger partial charge is 0.311 e. The van der Waals surface area contributed by atoms with Gasteiger partial charge in [0.1, 0.15) is 17.8 Å². The summed E-state index contributed by atoms with van der Waals surface area (Å²) in [5.74, 6) is 2.70. The lowest BCUT2D eigenvalue weighted by Crippen LogP contribution is -2.45. The molecule has 0 unspecified atom stereocenters. The van der Waals surface area contributed by atoms with Gasteiger partial charge in [0.15, 0.2) is 0 Å². The first-order chi connectivity index (χ1) is 11.2. The Morgan fingerprint density at radius 1 is 1.17 bits per heavy atom. The maximum atomic E-state index is 13.9. The molecule has 0 saturated heterocycles. The number of hydrogen-bond acceptors (Lipinski definition) is 3. The van der Waals surface area contributed by atoms with E-state index in [-0.39, 0.29) is 5.41 Å². The Bertz CT molecular complexity index is 741. The number of nitrogens with zero attached hydrogens (tertiary/aromatic N) is 3. The Balaban J connectivity index is 1.62. The van der Waals surface area contributed by atoms with E-state index in [4.69, 9.17) is 11.6 Å². The van der Waals surface area contributed by atoms with Gasteiger partial charge in [-0.2, -0.15) is 0 Å². The molecule has 0 bridgehead atoms. The monoisotopic (exact) mass is 351 g/mol. The van der Waals surface area contributed by atoms with Crippen LogP contribution in [0.2, 0.25) is 4.34 Å². The van der Waals surface area contributed by atoms with Crippen molar-refractivity contribution >= 4 is 22.9 Å². The van der Waals surface area contributed by atoms with Gasteiger partial charge >= 0.3 is 0 Å². The zero-order valence-electron chi connectivity index (χ0n) is 12.8. The molecule has 3 nitrogen and oxygen atoms in total.